The van der Waals surface area contributed by atoms with Crippen LogP contribution in [0.5, 0.6) is 0 Å². The van der Waals surface area contributed by atoms with Crippen molar-refractivity contribution in [3.8, 4) is 0 Å². The van der Waals surface area contributed by atoms with Crippen LogP contribution in [0.15, 0.2) is 42.5 Å². The molecule has 0 aromatic heterocycles. The second kappa shape index (κ2) is 4.72. The molecular formula is C12H10O4. The van der Waals surface area contributed by atoms with Crippen molar-refractivity contribution in [2.24, 2.45) is 0 Å². The Kier molecular flexibility index (Phi) is 3.12. The van der Waals surface area contributed by atoms with Gasteiger partial charge in [-0.15, -0.1) is 0 Å². The molecule has 4 nitrogen and oxygen atoms in total. The second-order valence-electron chi connectivity index (χ2n) is 3.28. The first-order chi connectivity index (χ1) is 7.75. The van der Waals surface area contributed by atoms with E-state index in [1.165, 1.54) is 12.2 Å². The Hall–Kier alpha value is -1.94. The van der Waals surface area contributed by atoms with Crippen molar-refractivity contribution >= 4 is 11.8 Å². The molecule has 0 spiro atoms. The van der Waals surface area contributed by atoms with Gasteiger partial charge in [-0.25, -0.2) is 4.79 Å². The zero-order chi connectivity index (χ0) is 11.4. The molecule has 1 aromatic carbocycles. The highest BCUT2D eigenvalue weighted by Crippen LogP contribution is 2.08. The van der Waals surface area contributed by atoms with Crippen LogP contribution in [0.4, 0.5) is 0 Å². The summed E-state index contributed by atoms with van der Waals surface area (Å²) < 4.78 is 10.0. The highest BCUT2D eigenvalue weighted by molar-refractivity contribution is 5.92. The van der Waals surface area contributed by atoms with Crippen LogP contribution in [0.2, 0.25) is 0 Å². The fourth-order valence-corrected chi connectivity index (χ4v) is 1.27. The first-order valence-electron chi connectivity index (χ1n) is 4.84. The Morgan fingerprint density at radius 2 is 2.06 bits per heavy atom. The van der Waals surface area contributed by atoms with Gasteiger partial charge < -0.3 is 9.47 Å². The van der Waals surface area contributed by atoms with E-state index < -0.39 is 12.3 Å². The molecule has 1 heterocycles. The van der Waals surface area contributed by atoms with Gasteiger partial charge in [0.25, 0.3) is 0 Å². The summed E-state index contributed by atoms with van der Waals surface area (Å²) in [6.45, 7) is -0.0523. The van der Waals surface area contributed by atoms with Crippen LogP contribution in [0.25, 0.3) is 0 Å². The molecule has 0 N–H and O–H groups in total. The van der Waals surface area contributed by atoms with E-state index in [4.69, 9.17) is 9.47 Å². The van der Waals surface area contributed by atoms with E-state index in [1.807, 2.05) is 6.07 Å². The van der Waals surface area contributed by atoms with Gasteiger partial charge in [-0.1, -0.05) is 18.2 Å². The normalized spacial score (nSPS) is 19.5. The number of esters is 1. The second-order valence-corrected chi connectivity index (χ2v) is 3.28. The van der Waals surface area contributed by atoms with Crippen LogP contribution in [0.3, 0.4) is 0 Å². The third-order valence-corrected chi connectivity index (χ3v) is 2.06. The van der Waals surface area contributed by atoms with E-state index in [9.17, 15) is 9.59 Å². The fourth-order valence-electron chi connectivity index (χ4n) is 1.27. The van der Waals surface area contributed by atoms with Gasteiger partial charge >= 0.3 is 5.97 Å². The zero-order valence-corrected chi connectivity index (χ0v) is 8.46. The Balaban J connectivity index is 1.98. The van der Waals surface area contributed by atoms with Crippen molar-refractivity contribution in [1.29, 1.82) is 0 Å². The number of rotatable bonds is 2. The largest absolute Gasteiger partial charge is 0.428 e. The molecule has 0 bridgehead atoms. The minimum absolute atomic E-state index is 0.0523. The van der Waals surface area contributed by atoms with Crippen molar-refractivity contribution in [2.75, 3.05) is 6.61 Å². The van der Waals surface area contributed by atoms with Gasteiger partial charge in [-0.3, -0.25) is 4.79 Å². The van der Waals surface area contributed by atoms with E-state index in [-0.39, 0.29) is 12.4 Å². The van der Waals surface area contributed by atoms with Gasteiger partial charge in [0.2, 0.25) is 6.29 Å². The van der Waals surface area contributed by atoms with Crippen molar-refractivity contribution in [3.05, 3.63) is 48.0 Å². The van der Waals surface area contributed by atoms with Gasteiger partial charge in [0.05, 0.1) is 5.56 Å². The van der Waals surface area contributed by atoms with Gasteiger partial charge in [-0.05, 0) is 24.3 Å². The van der Waals surface area contributed by atoms with E-state index in [2.05, 4.69) is 0 Å². The Bertz CT molecular complexity index is 422. The molecule has 0 saturated carbocycles. The molecule has 0 unspecified atom stereocenters. The van der Waals surface area contributed by atoms with Crippen molar-refractivity contribution < 1.29 is 19.1 Å². The molecule has 0 radical (unpaired) electrons. The Morgan fingerprint density at radius 1 is 1.31 bits per heavy atom. The van der Waals surface area contributed by atoms with Crippen molar-refractivity contribution in [3.63, 3.8) is 0 Å². The summed E-state index contributed by atoms with van der Waals surface area (Å²) in [6.07, 6.45) is 2.00. The van der Waals surface area contributed by atoms with E-state index in [0.29, 0.717) is 5.56 Å². The Labute approximate surface area is 92.5 Å². The van der Waals surface area contributed by atoms with Gasteiger partial charge in [-0.2, -0.15) is 0 Å². The molecule has 16 heavy (non-hydrogen) atoms. The van der Waals surface area contributed by atoms with Crippen LogP contribution in [0, 0.1) is 0 Å². The van der Waals surface area contributed by atoms with Crippen molar-refractivity contribution in [1.82, 2.24) is 0 Å². The number of benzene rings is 1. The third-order valence-electron chi connectivity index (χ3n) is 2.06. The maximum Gasteiger partial charge on any atom is 0.340 e. The molecule has 1 aliphatic rings. The molecule has 0 fully saturated rings. The van der Waals surface area contributed by atoms with Gasteiger partial charge in [0.15, 0.2) is 5.78 Å². The van der Waals surface area contributed by atoms with Crippen LogP contribution in [-0.4, -0.2) is 24.6 Å². The molecule has 2 rings (SSSR count). The number of carbonyl (C=O) groups excluding carboxylic acids is 2. The molecular weight excluding hydrogens is 208 g/mol. The average molecular weight is 218 g/mol. The monoisotopic (exact) mass is 218 g/mol. The van der Waals surface area contributed by atoms with Gasteiger partial charge in [0.1, 0.15) is 6.61 Å². The quantitative estimate of drug-likeness (QED) is 0.702. The summed E-state index contributed by atoms with van der Waals surface area (Å²) in [4.78, 5) is 22.4. The lowest BCUT2D eigenvalue weighted by Gasteiger charge is -2.17. The smallest absolute Gasteiger partial charge is 0.340 e. The predicted octanol–water partition coefficient (Wildman–Crippen LogP) is 1.32. The highest BCUT2D eigenvalue weighted by atomic mass is 16.7. The molecule has 0 saturated heterocycles. The molecule has 0 amide bonds. The number of hydrogen-bond donors (Lipinski definition) is 0. The maximum atomic E-state index is 11.6. The van der Waals surface area contributed by atoms with Crippen molar-refractivity contribution in [2.45, 2.75) is 6.29 Å². The van der Waals surface area contributed by atoms with Gasteiger partial charge in [0, 0.05) is 0 Å². The lowest BCUT2D eigenvalue weighted by molar-refractivity contribution is -0.132. The first-order valence-corrected chi connectivity index (χ1v) is 4.84. The molecule has 4 heteroatoms. The lowest BCUT2D eigenvalue weighted by atomic mass is 10.2. The predicted molar refractivity (Wildman–Crippen MR) is 55.7 cm³/mol. The molecule has 0 aliphatic carbocycles. The Morgan fingerprint density at radius 3 is 2.69 bits per heavy atom. The minimum atomic E-state index is -0.773. The summed E-state index contributed by atoms with van der Waals surface area (Å²) in [5.41, 5.74) is 0.455. The number of ketones is 1. The molecule has 1 aromatic rings. The van der Waals surface area contributed by atoms with Crippen LogP contribution >= 0.6 is 0 Å². The molecule has 1 aliphatic heterocycles. The number of ether oxygens (including phenoxy) is 2. The summed E-state index contributed by atoms with van der Waals surface area (Å²) in [7, 11) is 0. The SMILES string of the molecule is O=C1C=C[C@H](OC(=O)c2ccccc2)OC1. The lowest BCUT2D eigenvalue weighted by Crippen LogP contribution is -2.25. The third kappa shape index (κ3) is 2.55. The van der Waals surface area contributed by atoms with Crippen LogP contribution in [-0.2, 0) is 14.3 Å². The van der Waals surface area contributed by atoms with E-state index >= 15 is 0 Å². The van der Waals surface area contributed by atoms with E-state index in [0.717, 1.165) is 0 Å². The standard InChI is InChI=1S/C12H10O4/c13-10-6-7-11(15-8-10)16-12(14)9-4-2-1-3-5-9/h1-7,11H,8H2/t11-/m0/s1. The first kappa shape index (κ1) is 10.6. The average Bonchev–Trinajstić information content (AvgIpc) is 2.33. The summed E-state index contributed by atoms with van der Waals surface area (Å²) in [5, 5.41) is 0. The maximum absolute atomic E-state index is 11.6. The molecule has 1 atom stereocenters. The fraction of sp³-hybridized carbons (Fsp3) is 0.167. The minimum Gasteiger partial charge on any atom is -0.428 e. The topological polar surface area (TPSA) is 52.6 Å². The van der Waals surface area contributed by atoms with Crippen LogP contribution in [0.1, 0.15) is 10.4 Å². The summed E-state index contributed by atoms with van der Waals surface area (Å²) >= 11 is 0. The number of carbonyl (C=O) groups is 2. The number of hydrogen-bond acceptors (Lipinski definition) is 4. The summed E-state index contributed by atoms with van der Waals surface area (Å²) in [6, 6.07) is 8.61. The molecule has 82 valence electrons. The summed E-state index contributed by atoms with van der Waals surface area (Å²) in [5.74, 6) is -0.600. The van der Waals surface area contributed by atoms with Crippen LogP contribution < -0.4 is 0 Å². The van der Waals surface area contributed by atoms with E-state index in [1.54, 1.807) is 24.3 Å². The highest BCUT2D eigenvalue weighted by Gasteiger charge is 2.18. The zero-order valence-electron chi connectivity index (χ0n) is 8.46.